The fourth-order valence-corrected chi connectivity index (χ4v) is 4.12. The summed E-state index contributed by atoms with van der Waals surface area (Å²) in [7, 11) is -3.76. The SMILES string of the molecule is O=C(c1ccc(S(=O)(=O)Nc2ccccc2)cc1)N(Cc1ccco1)Cc1ccco1. The number of para-hydroxylation sites is 1. The van der Waals surface area contributed by atoms with Crippen LogP contribution in [0.5, 0.6) is 0 Å². The molecule has 2 aromatic carbocycles. The largest absolute Gasteiger partial charge is 0.467 e. The Morgan fingerprint density at radius 3 is 1.87 bits per heavy atom. The predicted octanol–water partition coefficient (Wildman–Crippen LogP) is 4.52. The summed E-state index contributed by atoms with van der Waals surface area (Å²) in [4.78, 5) is 14.8. The Kier molecular flexibility index (Phi) is 5.90. The topological polar surface area (TPSA) is 92.8 Å². The molecule has 0 fully saturated rings. The minimum absolute atomic E-state index is 0.0662. The molecule has 0 atom stereocenters. The summed E-state index contributed by atoms with van der Waals surface area (Å²) in [6, 6.07) is 21.5. The summed E-state index contributed by atoms with van der Waals surface area (Å²) in [6.45, 7) is 0.504. The van der Waals surface area contributed by atoms with Gasteiger partial charge in [-0.2, -0.15) is 0 Å². The first-order valence-electron chi connectivity index (χ1n) is 9.53. The maximum absolute atomic E-state index is 13.1. The first-order chi connectivity index (χ1) is 15.0. The number of amides is 1. The molecule has 158 valence electrons. The molecule has 0 saturated heterocycles. The maximum atomic E-state index is 13.1. The number of anilines is 1. The smallest absolute Gasteiger partial charge is 0.261 e. The van der Waals surface area contributed by atoms with Crippen molar-refractivity contribution in [2.24, 2.45) is 0 Å². The van der Waals surface area contributed by atoms with Crippen LogP contribution in [0, 0.1) is 0 Å². The zero-order chi connectivity index (χ0) is 21.7. The molecule has 1 N–H and O–H groups in total. The van der Waals surface area contributed by atoms with E-state index in [4.69, 9.17) is 8.83 Å². The lowest BCUT2D eigenvalue weighted by atomic mass is 10.2. The van der Waals surface area contributed by atoms with Crippen molar-refractivity contribution in [2.75, 3.05) is 4.72 Å². The molecule has 2 heterocycles. The number of benzene rings is 2. The molecule has 4 aromatic rings. The van der Waals surface area contributed by atoms with Crippen LogP contribution in [0.1, 0.15) is 21.9 Å². The number of nitrogens with one attached hydrogen (secondary N) is 1. The monoisotopic (exact) mass is 436 g/mol. The highest BCUT2D eigenvalue weighted by Gasteiger charge is 2.20. The average molecular weight is 436 g/mol. The lowest BCUT2D eigenvalue weighted by Gasteiger charge is -2.21. The average Bonchev–Trinajstić information content (AvgIpc) is 3.48. The van der Waals surface area contributed by atoms with Crippen molar-refractivity contribution in [3.05, 3.63) is 108 Å². The molecule has 0 aliphatic rings. The molecular formula is C23H20N2O5S. The van der Waals surface area contributed by atoms with Crippen LogP contribution in [0.4, 0.5) is 5.69 Å². The summed E-state index contributed by atoms with van der Waals surface area (Å²) in [5.41, 5.74) is 0.822. The minimum Gasteiger partial charge on any atom is -0.467 e. The molecule has 31 heavy (non-hydrogen) atoms. The molecule has 0 saturated carbocycles. The van der Waals surface area contributed by atoms with Gasteiger partial charge in [-0.05, 0) is 60.7 Å². The van der Waals surface area contributed by atoms with Crippen molar-refractivity contribution in [3.63, 3.8) is 0 Å². The van der Waals surface area contributed by atoms with Crippen LogP contribution in [0.25, 0.3) is 0 Å². The Hall–Kier alpha value is -3.78. The van der Waals surface area contributed by atoms with E-state index in [1.165, 1.54) is 24.3 Å². The van der Waals surface area contributed by atoms with E-state index in [-0.39, 0.29) is 23.9 Å². The fraction of sp³-hybridized carbons (Fsp3) is 0.0870. The van der Waals surface area contributed by atoms with Gasteiger partial charge in [0, 0.05) is 11.3 Å². The van der Waals surface area contributed by atoms with Crippen LogP contribution in [0.2, 0.25) is 0 Å². The van der Waals surface area contributed by atoms with Crippen LogP contribution in [-0.2, 0) is 23.1 Å². The molecule has 8 heteroatoms. The third-order valence-corrected chi connectivity index (χ3v) is 5.98. The zero-order valence-electron chi connectivity index (χ0n) is 16.5. The van der Waals surface area contributed by atoms with Gasteiger partial charge in [-0.25, -0.2) is 8.42 Å². The van der Waals surface area contributed by atoms with E-state index in [0.29, 0.717) is 22.8 Å². The van der Waals surface area contributed by atoms with Crippen molar-refractivity contribution in [3.8, 4) is 0 Å². The zero-order valence-corrected chi connectivity index (χ0v) is 17.3. The molecule has 0 radical (unpaired) electrons. The van der Waals surface area contributed by atoms with Crippen molar-refractivity contribution >= 4 is 21.6 Å². The Balaban J connectivity index is 1.53. The van der Waals surface area contributed by atoms with E-state index < -0.39 is 10.0 Å². The van der Waals surface area contributed by atoms with E-state index in [0.717, 1.165) is 0 Å². The maximum Gasteiger partial charge on any atom is 0.261 e. The summed E-state index contributed by atoms with van der Waals surface area (Å²) < 4.78 is 38.5. The van der Waals surface area contributed by atoms with E-state index in [1.807, 2.05) is 0 Å². The molecule has 1 amide bonds. The fourth-order valence-electron chi connectivity index (χ4n) is 3.06. The lowest BCUT2D eigenvalue weighted by molar-refractivity contribution is 0.0704. The van der Waals surface area contributed by atoms with Crippen molar-refractivity contribution in [1.29, 1.82) is 0 Å². The van der Waals surface area contributed by atoms with Gasteiger partial charge in [0.15, 0.2) is 0 Å². The first-order valence-corrected chi connectivity index (χ1v) is 11.0. The Labute approximate surface area is 180 Å². The number of rotatable bonds is 8. The number of carbonyl (C=O) groups excluding carboxylic acids is 1. The van der Waals surface area contributed by atoms with Gasteiger partial charge < -0.3 is 13.7 Å². The van der Waals surface area contributed by atoms with Crippen LogP contribution >= 0.6 is 0 Å². The lowest BCUT2D eigenvalue weighted by Crippen LogP contribution is -2.30. The predicted molar refractivity (Wildman–Crippen MR) is 115 cm³/mol. The van der Waals surface area contributed by atoms with Gasteiger partial charge in [-0.1, -0.05) is 18.2 Å². The number of nitrogens with zero attached hydrogens (tertiary/aromatic N) is 1. The van der Waals surface area contributed by atoms with Gasteiger partial charge in [0.1, 0.15) is 11.5 Å². The summed E-state index contributed by atoms with van der Waals surface area (Å²) in [5, 5.41) is 0. The second kappa shape index (κ2) is 8.93. The molecule has 0 aliphatic carbocycles. The van der Waals surface area contributed by atoms with Crippen LogP contribution < -0.4 is 4.72 Å². The quantitative estimate of drug-likeness (QED) is 0.438. The summed E-state index contributed by atoms with van der Waals surface area (Å²) >= 11 is 0. The summed E-state index contributed by atoms with van der Waals surface area (Å²) in [5.74, 6) is 0.991. The van der Waals surface area contributed by atoms with E-state index >= 15 is 0 Å². The molecule has 4 rings (SSSR count). The molecule has 0 aliphatic heterocycles. The van der Waals surface area contributed by atoms with E-state index in [9.17, 15) is 13.2 Å². The standard InChI is InChI=1S/C23H20N2O5S/c26-23(25(16-20-8-4-14-29-20)17-21-9-5-15-30-21)18-10-12-22(13-11-18)31(27,28)24-19-6-2-1-3-7-19/h1-15,24H,16-17H2. The van der Waals surface area contributed by atoms with Gasteiger partial charge in [0.05, 0.1) is 30.5 Å². The third kappa shape index (κ3) is 5.04. The van der Waals surface area contributed by atoms with Crippen molar-refractivity contribution in [2.45, 2.75) is 18.0 Å². The number of sulfonamides is 1. The highest BCUT2D eigenvalue weighted by Crippen LogP contribution is 2.19. The van der Waals surface area contributed by atoms with Crippen LogP contribution in [0.15, 0.2) is 105 Å². The highest BCUT2D eigenvalue weighted by atomic mass is 32.2. The van der Waals surface area contributed by atoms with Gasteiger partial charge in [0.2, 0.25) is 0 Å². The molecule has 7 nitrogen and oxygen atoms in total. The number of carbonyl (C=O) groups is 1. The first kappa shape index (κ1) is 20.5. The van der Waals surface area contributed by atoms with Gasteiger partial charge in [-0.3, -0.25) is 9.52 Å². The van der Waals surface area contributed by atoms with Gasteiger partial charge >= 0.3 is 0 Å². The normalized spacial score (nSPS) is 11.2. The highest BCUT2D eigenvalue weighted by molar-refractivity contribution is 7.92. The summed E-state index contributed by atoms with van der Waals surface area (Å²) in [6.07, 6.45) is 3.09. The molecular weight excluding hydrogens is 416 g/mol. The Morgan fingerprint density at radius 2 is 1.35 bits per heavy atom. The van der Waals surface area contributed by atoms with Crippen molar-refractivity contribution in [1.82, 2.24) is 4.90 Å². The third-order valence-electron chi connectivity index (χ3n) is 4.58. The second-order valence-electron chi connectivity index (χ2n) is 6.82. The molecule has 0 spiro atoms. The molecule has 2 aromatic heterocycles. The van der Waals surface area contributed by atoms with E-state index in [2.05, 4.69) is 4.72 Å². The Morgan fingerprint density at radius 1 is 0.774 bits per heavy atom. The number of hydrogen-bond donors (Lipinski definition) is 1. The minimum atomic E-state index is -3.76. The van der Waals surface area contributed by atoms with Crippen LogP contribution in [-0.4, -0.2) is 19.2 Å². The number of hydrogen-bond acceptors (Lipinski definition) is 5. The second-order valence-corrected chi connectivity index (χ2v) is 8.50. The van der Waals surface area contributed by atoms with Gasteiger partial charge in [-0.15, -0.1) is 0 Å². The van der Waals surface area contributed by atoms with Gasteiger partial charge in [0.25, 0.3) is 15.9 Å². The van der Waals surface area contributed by atoms with E-state index in [1.54, 1.807) is 72.0 Å². The van der Waals surface area contributed by atoms with Crippen molar-refractivity contribution < 1.29 is 22.0 Å². The Bertz CT molecular complexity index is 1180. The number of furan rings is 2. The van der Waals surface area contributed by atoms with Crippen LogP contribution in [0.3, 0.4) is 0 Å². The molecule has 0 unspecified atom stereocenters. The molecule has 0 bridgehead atoms.